The first-order valence-electron chi connectivity index (χ1n) is 9.10. The molecule has 0 amide bonds. The van der Waals surface area contributed by atoms with Crippen molar-refractivity contribution in [3.63, 3.8) is 0 Å². The first-order valence-corrected chi connectivity index (χ1v) is 9.10. The Morgan fingerprint density at radius 3 is 2.52 bits per heavy atom. The number of methoxy groups -OCH3 is 1. The van der Waals surface area contributed by atoms with Crippen LogP contribution in [-0.2, 0) is 14.3 Å². The molecule has 2 aromatic carbocycles. The van der Waals surface area contributed by atoms with Crippen LogP contribution in [-0.4, -0.2) is 32.4 Å². The lowest BCUT2D eigenvalue weighted by Gasteiger charge is -2.14. The van der Waals surface area contributed by atoms with Crippen molar-refractivity contribution in [2.45, 2.75) is 20.0 Å². The summed E-state index contributed by atoms with van der Waals surface area (Å²) in [5.74, 6) is 0.502. The number of aryl methyl sites for hydroxylation is 1. The van der Waals surface area contributed by atoms with E-state index >= 15 is 0 Å². The lowest BCUT2D eigenvalue weighted by molar-refractivity contribution is -0.152. The van der Waals surface area contributed by atoms with Crippen LogP contribution < -0.4 is 14.9 Å². The third kappa shape index (κ3) is 5.14. The van der Waals surface area contributed by atoms with Crippen molar-refractivity contribution in [1.29, 1.82) is 0 Å². The standard InChI is InChI=1S/C22H22O7/c1-14-4-6-16(7-5-14)29-20-13-27-19-12-17(8-9-18(19)21(20)23)28-15(2)22(24)26-11-10-25-3/h4-9,12-13,15H,10-11H2,1-3H3/t15-/m0/s1. The fourth-order valence-corrected chi connectivity index (χ4v) is 2.56. The van der Waals surface area contributed by atoms with Crippen LogP contribution in [0.2, 0.25) is 0 Å². The number of rotatable bonds is 8. The molecular formula is C22H22O7. The third-order valence-electron chi connectivity index (χ3n) is 4.14. The van der Waals surface area contributed by atoms with Gasteiger partial charge < -0.3 is 23.4 Å². The first-order chi connectivity index (χ1) is 14.0. The largest absolute Gasteiger partial charge is 0.479 e. The Morgan fingerprint density at radius 1 is 1.07 bits per heavy atom. The van der Waals surface area contributed by atoms with E-state index in [2.05, 4.69) is 0 Å². The van der Waals surface area contributed by atoms with E-state index in [1.54, 1.807) is 37.3 Å². The third-order valence-corrected chi connectivity index (χ3v) is 4.14. The van der Waals surface area contributed by atoms with Gasteiger partial charge in [-0.3, -0.25) is 4.79 Å². The van der Waals surface area contributed by atoms with Crippen LogP contribution in [0.5, 0.6) is 17.2 Å². The quantitative estimate of drug-likeness (QED) is 0.421. The molecule has 29 heavy (non-hydrogen) atoms. The Hall–Kier alpha value is -3.32. The van der Waals surface area contributed by atoms with E-state index in [4.69, 9.17) is 23.4 Å². The molecule has 1 heterocycles. The Kier molecular flexibility index (Phi) is 6.51. The monoisotopic (exact) mass is 398 g/mol. The van der Waals surface area contributed by atoms with Gasteiger partial charge in [0, 0.05) is 13.2 Å². The minimum Gasteiger partial charge on any atom is -0.479 e. The van der Waals surface area contributed by atoms with Crippen LogP contribution in [0.1, 0.15) is 12.5 Å². The van der Waals surface area contributed by atoms with Gasteiger partial charge in [0.25, 0.3) is 0 Å². The lowest BCUT2D eigenvalue weighted by Crippen LogP contribution is -2.27. The molecule has 0 aliphatic rings. The summed E-state index contributed by atoms with van der Waals surface area (Å²) in [5.41, 5.74) is 1.11. The average Bonchev–Trinajstić information content (AvgIpc) is 2.71. The van der Waals surface area contributed by atoms with E-state index in [0.717, 1.165) is 5.56 Å². The first kappa shape index (κ1) is 20.4. The number of fused-ring (bicyclic) bond motifs is 1. The highest BCUT2D eigenvalue weighted by Crippen LogP contribution is 2.24. The van der Waals surface area contributed by atoms with Gasteiger partial charge in [-0.05, 0) is 38.1 Å². The maximum Gasteiger partial charge on any atom is 0.347 e. The van der Waals surface area contributed by atoms with E-state index in [1.165, 1.54) is 13.4 Å². The number of ether oxygens (including phenoxy) is 4. The smallest absolute Gasteiger partial charge is 0.347 e. The molecule has 0 bridgehead atoms. The molecule has 7 heteroatoms. The molecule has 0 spiro atoms. The molecule has 1 aromatic heterocycles. The number of esters is 1. The Balaban J connectivity index is 1.74. The van der Waals surface area contributed by atoms with Crippen LogP contribution in [0, 0.1) is 6.92 Å². The second kappa shape index (κ2) is 9.25. The predicted molar refractivity (Wildman–Crippen MR) is 107 cm³/mol. The lowest BCUT2D eigenvalue weighted by atomic mass is 10.2. The van der Waals surface area contributed by atoms with Gasteiger partial charge in [-0.2, -0.15) is 0 Å². The van der Waals surface area contributed by atoms with Crippen LogP contribution in [0.25, 0.3) is 11.0 Å². The number of carbonyl (C=O) groups is 1. The predicted octanol–water partition coefficient (Wildman–Crippen LogP) is 3.85. The summed E-state index contributed by atoms with van der Waals surface area (Å²) in [6, 6.07) is 12.1. The van der Waals surface area contributed by atoms with Crippen LogP contribution in [0.15, 0.2) is 57.9 Å². The van der Waals surface area contributed by atoms with Crippen molar-refractivity contribution in [3.05, 3.63) is 64.5 Å². The molecule has 3 aromatic rings. The van der Waals surface area contributed by atoms with Gasteiger partial charge in [0.15, 0.2) is 6.10 Å². The molecule has 0 aliphatic carbocycles. The fourth-order valence-electron chi connectivity index (χ4n) is 2.56. The molecular weight excluding hydrogens is 376 g/mol. The Labute approximate surface area is 167 Å². The van der Waals surface area contributed by atoms with E-state index in [1.807, 2.05) is 19.1 Å². The molecule has 0 radical (unpaired) electrons. The minimum atomic E-state index is -0.819. The summed E-state index contributed by atoms with van der Waals surface area (Å²) in [4.78, 5) is 24.6. The van der Waals surface area contributed by atoms with Crippen molar-refractivity contribution < 1.29 is 28.2 Å². The molecule has 3 rings (SSSR count). The van der Waals surface area contributed by atoms with Crippen molar-refractivity contribution in [2.24, 2.45) is 0 Å². The highest BCUT2D eigenvalue weighted by atomic mass is 16.6. The zero-order chi connectivity index (χ0) is 20.8. The maximum absolute atomic E-state index is 12.7. The van der Waals surface area contributed by atoms with Gasteiger partial charge in [-0.25, -0.2) is 4.79 Å². The van der Waals surface area contributed by atoms with E-state index in [0.29, 0.717) is 29.1 Å². The topological polar surface area (TPSA) is 84.2 Å². The van der Waals surface area contributed by atoms with Crippen LogP contribution in [0.4, 0.5) is 0 Å². The second-order valence-electron chi connectivity index (χ2n) is 6.42. The SMILES string of the molecule is COCCOC(=O)[C@H](C)Oc1ccc2c(=O)c(Oc3ccc(C)cc3)coc2c1. The van der Waals surface area contributed by atoms with Gasteiger partial charge in [-0.1, -0.05) is 17.7 Å². The summed E-state index contributed by atoms with van der Waals surface area (Å²) in [7, 11) is 1.52. The zero-order valence-electron chi connectivity index (χ0n) is 16.5. The van der Waals surface area contributed by atoms with Gasteiger partial charge in [0.1, 0.15) is 30.0 Å². The highest BCUT2D eigenvalue weighted by Gasteiger charge is 2.17. The summed E-state index contributed by atoms with van der Waals surface area (Å²) >= 11 is 0. The fraction of sp³-hybridized carbons (Fsp3) is 0.273. The minimum absolute atomic E-state index is 0.0881. The molecule has 1 atom stereocenters. The maximum atomic E-state index is 12.7. The van der Waals surface area contributed by atoms with Gasteiger partial charge in [-0.15, -0.1) is 0 Å². The van der Waals surface area contributed by atoms with Crippen LogP contribution in [0.3, 0.4) is 0 Å². The van der Waals surface area contributed by atoms with Crippen LogP contribution >= 0.6 is 0 Å². The molecule has 0 saturated heterocycles. The van der Waals surface area contributed by atoms with E-state index in [9.17, 15) is 9.59 Å². The normalized spacial score (nSPS) is 11.8. The van der Waals surface area contributed by atoms with Crippen molar-refractivity contribution in [1.82, 2.24) is 0 Å². The van der Waals surface area contributed by atoms with E-state index < -0.39 is 12.1 Å². The summed E-state index contributed by atoms with van der Waals surface area (Å²) < 4.78 is 26.6. The molecule has 0 unspecified atom stereocenters. The van der Waals surface area contributed by atoms with Gasteiger partial charge >= 0.3 is 5.97 Å². The van der Waals surface area contributed by atoms with Crippen molar-refractivity contribution in [2.75, 3.05) is 20.3 Å². The van der Waals surface area contributed by atoms with Crippen molar-refractivity contribution in [3.8, 4) is 17.2 Å². The Morgan fingerprint density at radius 2 is 1.79 bits per heavy atom. The average molecular weight is 398 g/mol. The van der Waals surface area contributed by atoms with E-state index in [-0.39, 0.29) is 17.8 Å². The van der Waals surface area contributed by atoms with Gasteiger partial charge in [0.2, 0.25) is 11.2 Å². The molecule has 0 N–H and O–H groups in total. The summed E-state index contributed by atoms with van der Waals surface area (Å²) in [6.45, 7) is 4.01. The van der Waals surface area contributed by atoms with Crippen molar-refractivity contribution >= 4 is 16.9 Å². The summed E-state index contributed by atoms with van der Waals surface area (Å²) in [5, 5.41) is 0.345. The molecule has 152 valence electrons. The number of hydrogen-bond acceptors (Lipinski definition) is 7. The zero-order valence-corrected chi connectivity index (χ0v) is 16.5. The molecule has 0 saturated carbocycles. The highest BCUT2D eigenvalue weighted by molar-refractivity contribution is 5.79. The molecule has 7 nitrogen and oxygen atoms in total. The molecule has 0 fully saturated rings. The Bertz CT molecular complexity index is 1040. The number of carbonyl (C=O) groups excluding carboxylic acids is 1. The van der Waals surface area contributed by atoms with Gasteiger partial charge in [0.05, 0.1) is 12.0 Å². The number of hydrogen-bond donors (Lipinski definition) is 0. The molecule has 0 aliphatic heterocycles. The number of benzene rings is 2. The summed E-state index contributed by atoms with van der Waals surface area (Å²) in [6.07, 6.45) is 0.441. The second-order valence-corrected chi connectivity index (χ2v) is 6.42.